The zero-order chi connectivity index (χ0) is 12.5. The van der Waals surface area contributed by atoms with Gasteiger partial charge in [0.15, 0.2) is 6.29 Å². The van der Waals surface area contributed by atoms with Crippen molar-refractivity contribution in [3.05, 3.63) is 35.7 Å². The minimum absolute atomic E-state index is 0.0351. The Hall–Kier alpha value is -2.18. The number of hydrogen-bond acceptors (Lipinski definition) is 4. The van der Waals surface area contributed by atoms with Gasteiger partial charge in [0.05, 0.1) is 5.56 Å². The maximum Gasteiger partial charge on any atom is 0.417 e. The Balaban J connectivity index is 2.57. The number of aromatic nitrogens is 2. The van der Waals surface area contributed by atoms with E-state index in [1.807, 2.05) is 0 Å². The van der Waals surface area contributed by atoms with E-state index in [0.29, 0.717) is 0 Å². The molecule has 0 amide bonds. The fourth-order valence-electron chi connectivity index (χ4n) is 1.34. The SMILES string of the molecule is O=Cc1ccc(-c2ncon2)cc1C(F)(F)F. The minimum atomic E-state index is -4.60. The third-order valence-electron chi connectivity index (χ3n) is 2.11. The highest BCUT2D eigenvalue weighted by Gasteiger charge is 2.33. The molecule has 0 saturated carbocycles. The average Bonchev–Trinajstić information content (AvgIpc) is 2.80. The summed E-state index contributed by atoms with van der Waals surface area (Å²) in [5.74, 6) is 0.0351. The number of halogens is 3. The van der Waals surface area contributed by atoms with Crippen LogP contribution in [-0.2, 0) is 6.18 Å². The summed E-state index contributed by atoms with van der Waals surface area (Å²) in [6, 6.07) is 3.21. The van der Waals surface area contributed by atoms with Crippen molar-refractivity contribution in [1.82, 2.24) is 10.1 Å². The van der Waals surface area contributed by atoms with Crippen molar-refractivity contribution in [2.45, 2.75) is 6.18 Å². The number of carbonyl (C=O) groups is 1. The summed E-state index contributed by atoms with van der Waals surface area (Å²) in [6.45, 7) is 0. The van der Waals surface area contributed by atoms with Gasteiger partial charge in [-0.25, -0.2) is 0 Å². The van der Waals surface area contributed by atoms with Crippen LogP contribution in [0.15, 0.2) is 29.1 Å². The van der Waals surface area contributed by atoms with Crippen molar-refractivity contribution >= 4 is 6.29 Å². The molecule has 0 fully saturated rings. The van der Waals surface area contributed by atoms with Gasteiger partial charge in [0.25, 0.3) is 0 Å². The number of benzene rings is 1. The summed E-state index contributed by atoms with van der Waals surface area (Å²) in [5.41, 5.74) is -1.31. The first-order valence-corrected chi connectivity index (χ1v) is 4.45. The molecule has 4 nitrogen and oxygen atoms in total. The van der Waals surface area contributed by atoms with E-state index in [1.165, 1.54) is 6.07 Å². The second-order valence-corrected chi connectivity index (χ2v) is 3.17. The van der Waals surface area contributed by atoms with Crippen LogP contribution in [-0.4, -0.2) is 16.4 Å². The van der Waals surface area contributed by atoms with Gasteiger partial charge in [-0.3, -0.25) is 4.79 Å². The van der Waals surface area contributed by atoms with Gasteiger partial charge >= 0.3 is 6.18 Å². The Kier molecular flexibility index (Phi) is 2.66. The summed E-state index contributed by atoms with van der Waals surface area (Å²) in [4.78, 5) is 14.2. The molecule has 17 heavy (non-hydrogen) atoms. The molecule has 2 aromatic rings. The number of alkyl halides is 3. The third kappa shape index (κ3) is 2.17. The summed E-state index contributed by atoms with van der Waals surface area (Å²) >= 11 is 0. The fourth-order valence-corrected chi connectivity index (χ4v) is 1.34. The summed E-state index contributed by atoms with van der Waals surface area (Å²) < 4.78 is 42.3. The smallest absolute Gasteiger partial charge is 0.342 e. The molecule has 0 spiro atoms. The molecule has 0 saturated heterocycles. The quantitative estimate of drug-likeness (QED) is 0.759. The highest BCUT2D eigenvalue weighted by molar-refractivity contribution is 5.79. The van der Waals surface area contributed by atoms with Crippen molar-refractivity contribution in [3.63, 3.8) is 0 Å². The Morgan fingerprint density at radius 2 is 2.06 bits per heavy atom. The summed E-state index contributed by atoms with van der Waals surface area (Å²) in [5, 5.41) is 3.42. The molecule has 1 aromatic heterocycles. The van der Waals surface area contributed by atoms with Gasteiger partial charge < -0.3 is 4.52 Å². The number of rotatable bonds is 2. The summed E-state index contributed by atoms with van der Waals surface area (Å²) in [6.07, 6.45) is -3.44. The standard InChI is InChI=1S/C10H5F3N2O2/c11-10(12,13)8-3-6(1-2-7(8)4-16)9-14-5-17-15-9/h1-5H. The number of aldehydes is 1. The van der Waals surface area contributed by atoms with Crippen LogP contribution >= 0.6 is 0 Å². The van der Waals surface area contributed by atoms with Crippen molar-refractivity contribution in [2.75, 3.05) is 0 Å². The first-order valence-electron chi connectivity index (χ1n) is 4.45. The molecule has 1 heterocycles. The summed E-state index contributed by atoms with van der Waals surface area (Å²) in [7, 11) is 0. The lowest BCUT2D eigenvalue weighted by Crippen LogP contribution is -2.09. The largest absolute Gasteiger partial charge is 0.417 e. The van der Waals surface area contributed by atoms with Crippen LogP contribution in [0.2, 0.25) is 0 Å². The van der Waals surface area contributed by atoms with E-state index in [4.69, 9.17) is 0 Å². The zero-order valence-electron chi connectivity index (χ0n) is 8.23. The maximum atomic E-state index is 12.6. The Bertz CT molecular complexity index is 535. The lowest BCUT2D eigenvalue weighted by Gasteiger charge is -2.09. The molecule has 0 aliphatic heterocycles. The van der Waals surface area contributed by atoms with Gasteiger partial charge in [-0.05, 0) is 6.07 Å². The van der Waals surface area contributed by atoms with E-state index in [1.54, 1.807) is 0 Å². The highest BCUT2D eigenvalue weighted by Crippen LogP contribution is 2.33. The first kappa shape index (κ1) is 11.3. The van der Waals surface area contributed by atoms with Crippen molar-refractivity contribution in [3.8, 4) is 11.4 Å². The average molecular weight is 242 g/mol. The number of carbonyl (C=O) groups excluding carboxylic acids is 1. The Morgan fingerprint density at radius 1 is 1.29 bits per heavy atom. The molecule has 0 bridgehead atoms. The van der Waals surface area contributed by atoms with E-state index < -0.39 is 17.3 Å². The Morgan fingerprint density at radius 3 is 2.59 bits per heavy atom. The van der Waals surface area contributed by atoms with Crippen LogP contribution in [0.1, 0.15) is 15.9 Å². The first-order chi connectivity index (χ1) is 8.02. The predicted molar refractivity (Wildman–Crippen MR) is 50.1 cm³/mol. The van der Waals surface area contributed by atoms with Crippen LogP contribution in [0.3, 0.4) is 0 Å². The molecular formula is C10H5F3N2O2. The van der Waals surface area contributed by atoms with Crippen molar-refractivity contribution in [1.29, 1.82) is 0 Å². The van der Waals surface area contributed by atoms with E-state index in [2.05, 4.69) is 14.7 Å². The lowest BCUT2D eigenvalue weighted by molar-refractivity contribution is -0.137. The molecule has 0 unspecified atom stereocenters. The Labute approximate surface area is 93.1 Å². The van der Waals surface area contributed by atoms with E-state index in [0.717, 1.165) is 18.5 Å². The van der Waals surface area contributed by atoms with Crippen molar-refractivity contribution < 1.29 is 22.5 Å². The van der Waals surface area contributed by atoms with Crippen molar-refractivity contribution in [2.24, 2.45) is 0 Å². The molecular weight excluding hydrogens is 237 g/mol. The normalized spacial score (nSPS) is 11.5. The van der Waals surface area contributed by atoms with Crippen LogP contribution in [0.25, 0.3) is 11.4 Å². The van der Waals surface area contributed by atoms with Crippen LogP contribution < -0.4 is 0 Å². The molecule has 88 valence electrons. The highest BCUT2D eigenvalue weighted by atomic mass is 19.4. The monoisotopic (exact) mass is 242 g/mol. The second kappa shape index (κ2) is 4.00. The van der Waals surface area contributed by atoms with Gasteiger partial charge in [0.2, 0.25) is 12.2 Å². The number of hydrogen-bond donors (Lipinski definition) is 0. The molecule has 0 aliphatic rings. The van der Waals surface area contributed by atoms with Crippen LogP contribution in [0.5, 0.6) is 0 Å². The fraction of sp³-hybridized carbons (Fsp3) is 0.100. The number of nitrogens with zero attached hydrogens (tertiary/aromatic N) is 2. The van der Waals surface area contributed by atoms with Gasteiger partial charge in [-0.2, -0.15) is 18.2 Å². The molecule has 0 atom stereocenters. The molecule has 0 aliphatic carbocycles. The molecule has 7 heteroatoms. The van der Waals surface area contributed by atoms with Gasteiger partial charge in [0.1, 0.15) is 0 Å². The van der Waals surface area contributed by atoms with Crippen LogP contribution in [0, 0.1) is 0 Å². The maximum absolute atomic E-state index is 12.6. The molecule has 1 aromatic carbocycles. The second-order valence-electron chi connectivity index (χ2n) is 3.17. The minimum Gasteiger partial charge on any atom is -0.342 e. The predicted octanol–water partition coefficient (Wildman–Crippen LogP) is 2.57. The van der Waals surface area contributed by atoms with E-state index >= 15 is 0 Å². The van der Waals surface area contributed by atoms with Gasteiger partial charge in [0, 0.05) is 11.1 Å². The van der Waals surface area contributed by atoms with E-state index in [-0.39, 0.29) is 17.7 Å². The van der Waals surface area contributed by atoms with Gasteiger partial charge in [-0.1, -0.05) is 17.3 Å². The molecule has 0 N–H and O–H groups in total. The topological polar surface area (TPSA) is 56.0 Å². The molecule has 0 radical (unpaired) electrons. The third-order valence-corrected chi connectivity index (χ3v) is 2.11. The van der Waals surface area contributed by atoms with Crippen LogP contribution in [0.4, 0.5) is 13.2 Å². The zero-order valence-corrected chi connectivity index (χ0v) is 8.23. The molecule has 2 rings (SSSR count). The van der Waals surface area contributed by atoms with Gasteiger partial charge in [-0.15, -0.1) is 0 Å². The lowest BCUT2D eigenvalue weighted by atomic mass is 10.0. The van der Waals surface area contributed by atoms with E-state index in [9.17, 15) is 18.0 Å².